The predicted molar refractivity (Wildman–Crippen MR) is 173 cm³/mol. The average Bonchev–Trinajstić information content (AvgIpc) is 3.25. The van der Waals surface area contributed by atoms with Gasteiger partial charge in [-0.25, -0.2) is 0 Å². The minimum atomic E-state index is -1.46. The van der Waals surface area contributed by atoms with Crippen LogP contribution in [0.1, 0.15) is 100 Å². The van der Waals surface area contributed by atoms with Crippen molar-refractivity contribution in [1.29, 1.82) is 0 Å². The maximum Gasteiger partial charge on any atom is 0.187 e. The Hall–Kier alpha value is -0.840. The molecule has 4 aliphatic carbocycles. The van der Waals surface area contributed by atoms with Crippen molar-refractivity contribution in [3.05, 3.63) is 23.3 Å². The molecule has 45 heavy (non-hydrogen) atoms. The summed E-state index contributed by atoms with van der Waals surface area (Å²) in [5.74, 6) is 1.61. The lowest BCUT2D eigenvalue weighted by molar-refractivity contribution is -0.308. The van der Waals surface area contributed by atoms with Gasteiger partial charge in [-0.1, -0.05) is 64.8 Å². The number of aliphatic hydroxyl groups excluding tert-OH is 5. The minimum Gasteiger partial charge on any atom is -0.394 e. The third-order valence-corrected chi connectivity index (χ3v) is 14.1. The van der Waals surface area contributed by atoms with Crippen LogP contribution in [-0.4, -0.2) is 88.3 Å². The van der Waals surface area contributed by atoms with E-state index in [2.05, 4.69) is 53.7 Å². The van der Waals surface area contributed by atoms with E-state index in [1.165, 1.54) is 5.57 Å². The van der Waals surface area contributed by atoms with Gasteiger partial charge >= 0.3 is 0 Å². The van der Waals surface area contributed by atoms with Crippen LogP contribution >= 0.6 is 0 Å². The highest BCUT2D eigenvalue weighted by Crippen LogP contribution is 2.75. The second kappa shape index (κ2) is 12.6. The zero-order valence-corrected chi connectivity index (χ0v) is 29.2. The van der Waals surface area contributed by atoms with Crippen LogP contribution in [0.2, 0.25) is 0 Å². The van der Waals surface area contributed by atoms with Crippen molar-refractivity contribution in [3.63, 3.8) is 0 Å². The summed E-state index contributed by atoms with van der Waals surface area (Å²) in [6.45, 7) is 17.9. The monoisotopic (exact) mass is 634 g/mol. The third kappa shape index (κ3) is 5.61. The van der Waals surface area contributed by atoms with Gasteiger partial charge in [0, 0.05) is 18.4 Å². The first-order valence-corrected chi connectivity index (χ1v) is 17.5. The van der Waals surface area contributed by atoms with Crippen LogP contribution in [0.15, 0.2) is 23.3 Å². The molecule has 1 heterocycles. The molecule has 15 atom stereocenters. The first-order valence-electron chi connectivity index (χ1n) is 17.5. The second-order valence-corrected chi connectivity index (χ2v) is 17.0. The van der Waals surface area contributed by atoms with Gasteiger partial charge < -0.3 is 39.7 Å². The maximum absolute atomic E-state index is 11.0. The van der Waals surface area contributed by atoms with Crippen LogP contribution in [-0.2, 0) is 14.2 Å². The van der Waals surface area contributed by atoms with E-state index < -0.39 is 37.3 Å². The first kappa shape index (κ1) is 35.5. The van der Waals surface area contributed by atoms with Crippen molar-refractivity contribution in [2.75, 3.05) is 13.7 Å². The zero-order chi connectivity index (χ0) is 33.3. The highest BCUT2D eigenvalue weighted by Gasteiger charge is 2.69. The molecule has 0 aromatic carbocycles. The topological polar surface area (TPSA) is 129 Å². The summed E-state index contributed by atoms with van der Waals surface area (Å²) in [5, 5.41) is 52.0. The molecule has 0 amide bonds. The summed E-state index contributed by atoms with van der Waals surface area (Å²) in [6, 6.07) is 0. The maximum atomic E-state index is 11.0. The molecule has 4 fully saturated rings. The number of fused-ring (bicyclic) bond motifs is 5. The standard InChI is InChI=1S/C37H62O8/c1-20(2)16-22(44-33-31(42)30(41)29(40)27(19-38)45-33)17-21(3)23-12-13-37(8)32-26(43-9)18-25-24(10-11-28(39)34(25,4)5)35(32,6)14-15-36(23,37)7/h16,18,21-24,26-33,38-42H,10-15,17,19H2,1-9H3/t21-,22+,23-,24-,26+,27-,28+,29-,30+,31-,32-,33-,35+,36-,37+/m1/s1. The number of hydrogen-bond acceptors (Lipinski definition) is 8. The second-order valence-electron chi connectivity index (χ2n) is 17.0. The number of methoxy groups -OCH3 is 1. The van der Waals surface area contributed by atoms with Crippen molar-refractivity contribution in [2.45, 2.75) is 149 Å². The van der Waals surface area contributed by atoms with Crippen molar-refractivity contribution in [3.8, 4) is 0 Å². The van der Waals surface area contributed by atoms with Gasteiger partial charge in [0.15, 0.2) is 6.29 Å². The zero-order valence-electron chi connectivity index (χ0n) is 29.2. The van der Waals surface area contributed by atoms with E-state index in [0.29, 0.717) is 23.7 Å². The molecule has 258 valence electrons. The van der Waals surface area contributed by atoms with E-state index in [1.54, 1.807) is 0 Å². The molecular formula is C37H62O8. The lowest BCUT2D eigenvalue weighted by Gasteiger charge is -2.67. The van der Waals surface area contributed by atoms with Gasteiger partial charge in [-0.05, 0) is 92.8 Å². The number of hydrogen-bond donors (Lipinski definition) is 5. The Balaban J connectivity index is 1.40. The quantitative estimate of drug-likeness (QED) is 0.242. The van der Waals surface area contributed by atoms with E-state index in [-0.39, 0.29) is 40.0 Å². The Morgan fingerprint density at radius 2 is 1.64 bits per heavy atom. The van der Waals surface area contributed by atoms with Crippen molar-refractivity contribution >= 4 is 0 Å². The molecule has 8 nitrogen and oxygen atoms in total. The lowest BCUT2D eigenvalue weighted by atomic mass is 9.38. The molecule has 1 aliphatic heterocycles. The molecule has 3 saturated carbocycles. The Kier molecular flexibility index (Phi) is 9.90. The summed E-state index contributed by atoms with van der Waals surface area (Å²) in [4.78, 5) is 0. The fraction of sp³-hybridized carbons (Fsp3) is 0.892. The lowest BCUT2D eigenvalue weighted by Crippen LogP contribution is -2.63. The summed E-state index contributed by atoms with van der Waals surface area (Å²) in [7, 11) is 1.86. The van der Waals surface area contributed by atoms with Crippen molar-refractivity contribution < 1.29 is 39.7 Å². The predicted octanol–water partition coefficient (Wildman–Crippen LogP) is 4.75. The van der Waals surface area contributed by atoms with E-state index in [1.807, 2.05) is 21.0 Å². The van der Waals surface area contributed by atoms with Gasteiger partial charge in [0.05, 0.1) is 24.9 Å². The van der Waals surface area contributed by atoms with Gasteiger partial charge in [-0.3, -0.25) is 0 Å². The van der Waals surface area contributed by atoms with Gasteiger partial charge in [0.25, 0.3) is 0 Å². The van der Waals surface area contributed by atoms with E-state index in [0.717, 1.165) is 50.5 Å². The van der Waals surface area contributed by atoms with Crippen LogP contribution in [0.4, 0.5) is 0 Å². The molecule has 5 N–H and O–H groups in total. The fourth-order valence-electron chi connectivity index (χ4n) is 11.3. The Labute approximate surface area is 271 Å². The van der Waals surface area contributed by atoms with Gasteiger partial charge in [-0.15, -0.1) is 0 Å². The summed E-state index contributed by atoms with van der Waals surface area (Å²) in [6.07, 6.45) is 4.51. The van der Waals surface area contributed by atoms with Crippen LogP contribution in [0.25, 0.3) is 0 Å². The molecule has 0 aromatic heterocycles. The Morgan fingerprint density at radius 1 is 0.956 bits per heavy atom. The number of rotatable bonds is 8. The van der Waals surface area contributed by atoms with Crippen LogP contribution in [0.5, 0.6) is 0 Å². The molecule has 8 heteroatoms. The van der Waals surface area contributed by atoms with Gasteiger partial charge in [0.2, 0.25) is 0 Å². The molecule has 0 aromatic rings. The summed E-state index contributed by atoms with van der Waals surface area (Å²) < 4.78 is 18.4. The summed E-state index contributed by atoms with van der Waals surface area (Å²) >= 11 is 0. The molecule has 0 bridgehead atoms. The van der Waals surface area contributed by atoms with Crippen LogP contribution in [0.3, 0.4) is 0 Å². The number of aliphatic hydroxyl groups is 5. The first-order chi connectivity index (χ1) is 21.0. The Morgan fingerprint density at radius 3 is 2.27 bits per heavy atom. The van der Waals surface area contributed by atoms with E-state index in [4.69, 9.17) is 14.2 Å². The van der Waals surface area contributed by atoms with Crippen LogP contribution in [0, 0.1) is 45.3 Å². The Bertz CT molecular complexity index is 1130. The number of ether oxygens (including phenoxy) is 3. The van der Waals surface area contributed by atoms with Gasteiger partial charge in [0.1, 0.15) is 24.4 Å². The molecule has 0 radical (unpaired) electrons. The third-order valence-electron chi connectivity index (χ3n) is 14.1. The minimum absolute atomic E-state index is 0.0115. The SMILES string of the molecule is CO[C@H]1C=C2[C@@H](CC[C@H](O)C2(C)C)[C@]2(C)CC[C@]3(C)[C@@H]([C@H](C)C[C@H](C=C(C)C)O[C@@H]4O[C@H](CO)[C@@H](O)[C@H](O)[C@H]4O)CC[C@@]3(C)[C@H]12. The molecule has 1 saturated heterocycles. The molecule has 0 spiro atoms. The fourth-order valence-corrected chi connectivity index (χ4v) is 11.3. The van der Waals surface area contributed by atoms with Crippen molar-refractivity contribution in [1.82, 2.24) is 0 Å². The normalized spacial score (nSPS) is 48.8. The number of allylic oxidation sites excluding steroid dienone is 1. The molecular weight excluding hydrogens is 572 g/mol. The molecule has 5 rings (SSSR count). The molecule has 5 aliphatic rings. The summed E-state index contributed by atoms with van der Waals surface area (Å²) in [5.41, 5.74) is 2.51. The molecule has 0 unspecified atom stereocenters. The highest BCUT2D eigenvalue weighted by atomic mass is 16.7. The van der Waals surface area contributed by atoms with E-state index >= 15 is 0 Å². The average molecular weight is 635 g/mol. The smallest absolute Gasteiger partial charge is 0.187 e. The van der Waals surface area contributed by atoms with Crippen LogP contribution < -0.4 is 0 Å². The highest BCUT2D eigenvalue weighted by molar-refractivity contribution is 5.32. The largest absolute Gasteiger partial charge is 0.394 e. The van der Waals surface area contributed by atoms with E-state index in [9.17, 15) is 25.5 Å². The van der Waals surface area contributed by atoms with Gasteiger partial charge in [-0.2, -0.15) is 0 Å². The van der Waals surface area contributed by atoms with Crippen molar-refractivity contribution in [2.24, 2.45) is 45.3 Å².